The van der Waals surface area contributed by atoms with Gasteiger partial charge in [-0.2, -0.15) is 0 Å². The minimum absolute atomic E-state index is 0.0567. The lowest BCUT2D eigenvalue weighted by atomic mass is 10.0. The Balaban J connectivity index is 1.54. The van der Waals surface area contributed by atoms with Gasteiger partial charge in [-0.05, 0) is 61.1 Å². The molecular formula is C19H23NO4. The van der Waals surface area contributed by atoms with E-state index in [1.807, 2.05) is 12.1 Å². The maximum absolute atomic E-state index is 10.5. The van der Waals surface area contributed by atoms with E-state index in [0.29, 0.717) is 11.6 Å². The second kappa shape index (κ2) is 7.11. The molecular weight excluding hydrogens is 306 g/mol. The fourth-order valence-corrected chi connectivity index (χ4v) is 3.29. The van der Waals surface area contributed by atoms with Crippen molar-refractivity contribution in [3.63, 3.8) is 0 Å². The standard InChI is InChI=1S/C19H23NO4/c21-15-7-2-12(3-8-15)1-5-14-6-9-16(20-14)19(24)13-4-10-17(22)18(23)11-13/h2-4,7-8,10-11,14,16,19-24H,1,5-6,9H2/t14-,16-,19?/m0/s1. The Kier molecular flexibility index (Phi) is 4.92. The van der Waals surface area contributed by atoms with Gasteiger partial charge in [-0.3, -0.25) is 0 Å². The third-order valence-electron chi connectivity index (χ3n) is 4.72. The summed E-state index contributed by atoms with van der Waals surface area (Å²) in [6, 6.07) is 12.0. The van der Waals surface area contributed by atoms with Crippen LogP contribution in [0.15, 0.2) is 42.5 Å². The van der Waals surface area contributed by atoms with Gasteiger partial charge in [0.2, 0.25) is 0 Å². The Morgan fingerprint density at radius 2 is 1.71 bits per heavy atom. The number of aryl methyl sites for hydroxylation is 1. The molecule has 24 heavy (non-hydrogen) atoms. The van der Waals surface area contributed by atoms with Crippen LogP contribution in [0.3, 0.4) is 0 Å². The van der Waals surface area contributed by atoms with Crippen molar-refractivity contribution in [3.8, 4) is 17.2 Å². The van der Waals surface area contributed by atoms with Crippen LogP contribution in [0.2, 0.25) is 0 Å². The molecule has 1 unspecified atom stereocenters. The molecule has 3 atom stereocenters. The van der Waals surface area contributed by atoms with E-state index < -0.39 is 6.10 Å². The van der Waals surface area contributed by atoms with Crippen molar-refractivity contribution in [1.82, 2.24) is 5.32 Å². The molecule has 0 radical (unpaired) electrons. The van der Waals surface area contributed by atoms with Gasteiger partial charge in [0.25, 0.3) is 0 Å². The highest BCUT2D eigenvalue weighted by atomic mass is 16.3. The Morgan fingerprint density at radius 3 is 2.42 bits per heavy atom. The first kappa shape index (κ1) is 16.6. The van der Waals surface area contributed by atoms with Crippen molar-refractivity contribution >= 4 is 0 Å². The zero-order chi connectivity index (χ0) is 17.1. The van der Waals surface area contributed by atoms with Crippen LogP contribution >= 0.6 is 0 Å². The molecule has 5 heteroatoms. The maximum atomic E-state index is 10.5. The summed E-state index contributed by atoms with van der Waals surface area (Å²) in [5.41, 5.74) is 1.78. The van der Waals surface area contributed by atoms with Gasteiger partial charge in [-0.25, -0.2) is 0 Å². The fourth-order valence-electron chi connectivity index (χ4n) is 3.29. The molecule has 0 aromatic heterocycles. The third-order valence-corrected chi connectivity index (χ3v) is 4.72. The van der Waals surface area contributed by atoms with Crippen LogP contribution in [0.5, 0.6) is 17.2 Å². The molecule has 0 aliphatic carbocycles. The zero-order valence-electron chi connectivity index (χ0n) is 13.4. The number of phenolic OH excluding ortho intramolecular Hbond substituents is 3. The fraction of sp³-hybridized carbons (Fsp3) is 0.368. The number of aromatic hydroxyl groups is 3. The number of benzene rings is 2. The van der Waals surface area contributed by atoms with Crippen molar-refractivity contribution < 1.29 is 20.4 Å². The molecule has 5 nitrogen and oxygen atoms in total. The summed E-state index contributed by atoms with van der Waals surface area (Å²) >= 11 is 0. The summed E-state index contributed by atoms with van der Waals surface area (Å²) in [6.07, 6.45) is 3.03. The quantitative estimate of drug-likeness (QED) is 0.544. The second-order valence-electron chi connectivity index (χ2n) is 6.45. The van der Waals surface area contributed by atoms with Crippen LogP contribution in [0.4, 0.5) is 0 Å². The van der Waals surface area contributed by atoms with E-state index in [0.717, 1.165) is 25.7 Å². The first-order valence-electron chi connectivity index (χ1n) is 8.27. The normalized spacial score (nSPS) is 21.7. The minimum Gasteiger partial charge on any atom is -0.508 e. The summed E-state index contributed by atoms with van der Waals surface area (Å²) in [4.78, 5) is 0. The van der Waals surface area contributed by atoms with Crippen LogP contribution in [-0.2, 0) is 6.42 Å². The highest BCUT2D eigenvalue weighted by molar-refractivity contribution is 5.41. The zero-order valence-corrected chi connectivity index (χ0v) is 13.4. The first-order valence-corrected chi connectivity index (χ1v) is 8.27. The van der Waals surface area contributed by atoms with Crippen molar-refractivity contribution in [2.75, 3.05) is 0 Å². The van der Waals surface area contributed by atoms with Crippen molar-refractivity contribution in [2.24, 2.45) is 0 Å². The summed E-state index contributed by atoms with van der Waals surface area (Å²) in [5.74, 6) is -0.122. The van der Waals surface area contributed by atoms with Gasteiger partial charge in [0.05, 0.1) is 6.10 Å². The summed E-state index contributed by atoms with van der Waals surface area (Å²) in [7, 11) is 0. The van der Waals surface area contributed by atoms with Gasteiger partial charge in [0.15, 0.2) is 11.5 Å². The Bertz CT molecular complexity index is 686. The smallest absolute Gasteiger partial charge is 0.157 e. The molecule has 1 heterocycles. The number of aliphatic hydroxyl groups excluding tert-OH is 1. The molecule has 0 amide bonds. The van der Waals surface area contributed by atoms with Gasteiger partial charge in [0.1, 0.15) is 5.75 Å². The van der Waals surface area contributed by atoms with Crippen molar-refractivity contribution in [2.45, 2.75) is 43.9 Å². The predicted molar refractivity (Wildman–Crippen MR) is 91.1 cm³/mol. The van der Waals surface area contributed by atoms with Crippen LogP contribution in [-0.4, -0.2) is 32.5 Å². The Hall–Kier alpha value is -2.24. The summed E-state index contributed by atoms with van der Waals surface area (Å²) in [6.45, 7) is 0. The maximum Gasteiger partial charge on any atom is 0.157 e. The molecule has 5 N–H and O–H groups in total. The second-order valence-corrected chi connectivity index (χ2v) is 6.45. The minimum atomic E-state index is -0.713. The summed E-state index contributed by atoms with van der Waals surface area (Å²) in [5, 5.41) is 42.2. The lowest BCUT2D eigenvalue weighted by Gasteiger charge is -2.21. The Labute approximate surface area is 141 Å². The van der Waals surface area contributed by atoms with Crippen LogP contribution in [0, 0.1) is 0 Å². The van der Waals surface area contributed by atoms with E-state index in [9.17, 15) is 20.4 Å². The first-order chi connectivity index (χ1) is 11.5. The largest absolute Gasteiger partial charge is 0.508 e. The van der Waals surface area contributed by atoms with Crippen molar-refractivity contribution in [3.05, 3.63) is 53.6 Å². The SMILES string of the molecule is Oc1ccc(CC[C@H]2CC[C@@H](C(O)c3ccc(O)c(O)c3)N2)cc1. The number of hydrogen-bond donors (Lipinski definition) is 5. The molecule has 1 saturated heterocycles. The molecule has 0 spiro atoms. The number of hydrogen-bond acceptors (Lipinski definition) is 5. The molecule has 1 aliphatic heterocycles. The van der Waals surface area contributed by atoms with Gasteiger partial charge < -0.3 is 25.7 Å². The molecule has 0 bridgehead atoms. The van der Waals surface area contributed by atoms with E-state index in [-0.39, 0.29) is 23.3 Å². The Morgan fingerprint density at radius 1 is 0.958 bits per heavy atom. The van der Waals surface area contributed by atoms with Crippen molar-refractivity contribution in [1.29, 1.82) is 0 Å². The van der Waals surface area contributed by atoms with E-state index in [1.165, 1.54) is 17.7 Å². The molecule has 128 valence electrons. The predicted octanol–water partition coefficient (Wildman–Crippen LogP) is 2.59. The van der Waals surface area contributed by atoms with Gasteiger partial charge in [-0.15, -0.1) is 0 Å². The van der Waals surface area contributed by atoms with Gasteiger partial charge >= 0.3 is 0 Å². The molecule has 1 aliphatic rings. The van der Waals surface area contributed by atoms with E-state index >= 15 is 0 Å². The monoisotopic (exact) mass is 329 g/mol. The lowest BCUT2D eigenvalue weighted by Crippen LogP contribution is -2.34. The molecule has 3 rings (SSSR count). The highest BCUT2D eigenvalue weighted by Crippen LogP contribution is 2.32. The molecule has 0 saturated carbocycles. The van der Waals surface area contributed by atoms with E-state index in [1.54, 1.807) is 18.2 Å². The number of rotatable bonds is 5. The van der Waals surface area contributed by atoms with E-state index in [2.05, 4.69) is 5.32 Å². The number of aliphatic hydroxyl groups is 1. The number of nitrogens with one attached hydrogen (secondary N) is 1. The lowest BCUT2D eigenvalue weighted by molar-refractivity contribution is 0.134. The van der Waals surface area contributed by atoms with Gasteiger partial charge in [0, 0.05) is 12.1 Å². The number of phenols is 3. The topological polar surface area (TPSA) is 93.0 Å². The molecule has 1 fully saturated rings. The van der Waals surface area contributed by atoms with E-state index in [4.69, 9.17) is 0 Å². The average molecular weight is 329 g/mol. The van der Waals surface area contributed by atoms with Crippen LogP contribution in [0.1, 0.15) is 36.5 Å². The molecule has 2 aromatic rings. The summed E-state index contributed by atoms with van der Waals surface area (Å²) < 4.78 is 0. The highest BCUT2D eigenvalue weighted by Gasteiger charge is 2.30. The van der Waals surface area contributed by atoms with Crippen LogP contribution in [0.25, 0.3) is 0 Å². The third kappa shape index (κ3) is 3.80. The van der Waals surface area contributed by atoms with Crippen LogP contribution < -0.4 is 5.32 Å². The average Bonchev–Trinajstić information content (AvgIpc) is 3.05. The molecule has 2 aromatic carbocycles. The van der Waals surface area contributed by atoms with Gasteiger partial charge in [-0.1, -0.05) is 18.2 Å².